The molecule has 27 heteroatoms. The Balaban J connectivity index is 2.45. The quantitative estimate of drug-likeness (QED) is 0.0245. The van der Waals surface area contributed by atoms with E-state index in [0.29, 0.717) is 29.7 Å². The van der Waals surface area contributed by atoms with Crippen molar-refractivity contribution in [1.29, 1.82) is 0 Å². The number of guanidine groups is 1. The van der Waals surface area contributed by atoms with Crippen LogP contribution in [-0.2, 0) is 60.8 Å². The number of aliphatic imine (C=N–C) groups is 1. The molecular formula is C58H93N13O13S. The first-order valence-corrected chi connectivity index (χ1v) is 30.2. The standard InChI is InChI=1S/C58H93N13O13S/c1-10-33(7)47(71-54(80)44(28-32(5)6)68-53(79)43(27-31(3)4)67-51(77)41(22-23-46(60)74)64-49(75)39(59)29-35-14-18-37(72)19-15-35)55(81)66-40(13-12-25-63-58(61)62)50(76)65-42(24-26-85-9)52(78)70-48(34(8)11-2)56(82)69-45(57(83)84)30-36-16-20-38(73)21-17-36/h14-21,31-34,39-45,47-48,72-73H,10-13,22-30,59H2,1-9H3,(H2,60,74)(H,64,75)(H,65,76)(H,66,81)(H,67,77)(H,68,79)(H,69,82)(H,70,78)(H,71,80)(H,83,84)(H4,61,62,63)/t33-,34-,39-,40-,41-,42-,43-,44-,45-,47-,48-/m0/s1. The highest BCUT2D eigenvalue weighted by molar-refractivity contribution is 7.98. The van der Waals surface area contributed by atoms with Gasteiger partial charge < -0.3 is 80.8 Å². The normalized spacial score (nSPS) is 15.1. The number of amides is 9. The van der Waals surface area contributed by atoms with Gasteiger partial charge in [-0.25, -0.2) is 4.79 Å². The minimum atomic E-state index is -1.40. The Morgan fingerprint density at radius 2 is 0.882 bits per heavy atom. The van der Waals surface area contributed by atoms with Gasteiger partial charge in [0.05, 0.1) is 6.04 Å². The van der Waals surface area contributed by atoms with Crippen molar-refractivity contribution in [3.05, 3.63) is 59.7 Å². The summed E-state index contributed by atoms with van der Waals surface area (Å²) in [6.07, 6.45) is 2.21. The average molecular weight is 1210 g/mol. The molecule has 2 aromatic rings. The van der Waals surface area contributed by atoms with Gasteiger partial charge in [0.2, 0.25) is 53.2 Å². The maximum absolute atomic E-state index is 14.6. The highest BCUT2D eigenvalue weighted by atomic mass is 32.2. The first-order chi connectivity index (χ1) is 40.0. The molecule has 474 valence electrons. The summed E-state index contributed by atoms with van der Waals surface area (Å²) in [5.74, 6) is -9.62. The number of carbonyl (C=O) groups excluding carboxylic acids is 9. The summed E-state index contributed by atoms with van der Waals surface area (Å²) >= 11 is 1.38. The van der Waals surface area contributed by atoms with Gasteiger partial charge in [-0.15, -0.1) is 0 Å². The molecule has 0 aliphatic heterocycles. The van der Waals surface area contributed by atoms with Gasteiger partial charge in [-0.05, 0) is 116 Å². The molecule has 85 heavy (non-hydrogen) atoms. The third-order valence-electron chi connectivity index (χ3n) is 14.1. The van der Waals surface area contributed by atoms with Gasteiger partial charge in [0, 0.05) is 19.4 Å². The number of thioether (sulfide) groups is 1. The fraction of sp³-hybridized carbons (Fsp3) is 0.603. The third kappa shape index (κ3) is 27.3. The van der Waals surface area contributed by atoms with E-state index in [0.717, 1.165) is 0 Å². The van der Waals surface area contributed by atoms with E-state index in [9.17, 15) is 63.3 Å². The molecule has 2 rings (SSSR count). The number of primary amides is 1. The highest BCUT2D eigenvalue weighted by Gasteiger charge is 2.37. The summed E-state index contributed by atoms with van der Waals surface area (Å²) in [5, 5.41) is 50.9. The maximum atomic E-state index is 14.6. The molecule has 2 aromatic carbocycles. The van der Waals surface area contributed by atoms with Crippen LogP contribution in [-0.4, -0.2) is 153 Å². The van der Waals surface area contributed by atoms with E-state index in [1.165, 1.54) is 48.2 Å². The molecule has 0 fully saturated rings. The van der Waals surface area contributed by atoms with Gasteiger partial charge in [-0.2, -0.15) is 11.8 Å². The molecule has 0 aliphatic carbocycles. The van der Waals surface area contributed by atoms with Crippen LogP contribution in [0.3, 0.4) is 0 Å². The first-order valence-electron chi connectivity index (χ1n) is 28.8. The zero-order valence-electron chi connectivity index (χ0n) is 50.4. The number of hydrogen-bond acceptors (Lipinski definition) is 15. The lowest BCUT2D eigenvalue weighted by Gasteiger charge is -2.30. The Morgan fingerprint density at radius 3 is 1.31 bits per heavy atom. The van der Waals surface area contributed by atoms with Crippen molar-refractivity contribution in [2.75, 3.05) is 18.6 Å². The summed E-state index contributed by atoms with van der Waals surface area (Å²) in [7, 11) is 0. The van der Waals surface area contributed by atoms with Crippen molar-refractivity contribution in [3.63, 3.8) is 0 Å². The van der Waals surface area contributed by atoms with E-state index in [1.807, 2.05) is 13.8 Å². The van der Waals surface area contributed by atoms with E-state index < -0.39 is 125 Å². The Morgan fingerprint density at radius 1 is 0.506 bits per heavy atom. The van der Waals surface area contributed by atoms with Crippen LogP contribution in [0.4, 0.5) is 0 Å². The number of rotatable bonds is 39. The molecule has 19 N–H and O–H groups in total. The monoisotopic (exact) mass is 1210 g/mol. The van der Waals surface area contributed by atoms with Crippen molar-refractivity contribution in [3.8, 4) is 11.5 Å². The molecule has 0 saturated carbocycles. The number of carbonyl (C=O) groups is 10. The van der Waals surface area contributed by atoms with Gasteiger partial charge in [0.25, 0.3) is 0 Å². The molecule has 26 nitrogen and oxygen atoms in total. The third-order valence-corrected chi connectivity index (χ3v) is 14.8. The lowest BCUT2D eigenvalue weighted by atomic mass is 9.95. The fourth-order valence-electron chi connectivity index (χ4n) is 8.81. The molecular weight excluding hydrogens is 1120 g/mol. The molecule has 0 aliphatic rings. The molecule has 0 unspecified atom stereocenters. The lowest BCUT2D eigenvalue weighted by molar-refractivity contribution is -0.142. The second-order valence-electron chi connectivity index (χ2n) is 22.3. The summed E-state index contributed by atoms with van der Waals surface area (Å²) in [4.78, 5) is 141. The highest BCUT2D eigenvalue weighted by Crippen LogP contribution is 2.18. The maximum Gasteiger partial charge on any atom is 0.326 e. The molecule has 11 atom stereocenters. The van der Waals surface area contributed by atoms with Crippen LogP contribution in [0.5, 0.6) is 11.5 Å². The van der Waals surface area contributed by atoms with Crippen LogP contribution in [0.1, 0.15) is 124 Å². The summed E-state index contributed by atoms with van der Waals surface area (Å²) in [5.41, 5.74) is 23.9. The predicted molar refractivity (Wildman–Crippen MR) is 324 cm³/mol. The van der Waals surface area contributed by atoms with Crippen molar-refractivity contribution in [2.45, 2.75) is 180 Å². The molecule has 0 bridgehead atoms. The number of carboxylic acid groups (broad SMARTS) is 1. The number of phenols is 2. The van der Waals surface area contributed by atoms with E-state index in [2.05, 4.69) is 47.5 Å². The second kappa shape index (κ2) is 37.6. The van der Waals surface area contributed by atoms with Crippen LogP contribution in [0.2, 0.25) is 0 Å². The number of phenolic OH excluding ortho intramolecular Hbond substituents is 2. The van der Waals surface area contributed by atoms with Crippen molar-refractivity contribution in [2.24, 2.45) is 51.6 Å². The van der Waals surface area contributed by atoms with Gasteiger partial charge in [0.15, 0.2) is 5.96 Å². The number of carboxylic acids is 1. The van der Waals surface area contributed by atoms with Crippen LogP contribution in [0.15, 0.2) is 53.5 Å². The number of aliphatic carboxylic acids is 1. The Hall–Kier alpha value is -7.68. The number of nitrogens with two attached hydrogens (primary N) is 4. The Kier molecular flexibility index (Phi) is 32.5. The number of nitrogens with zero attached hydrogens (tertiary/aromatic N) is 1. The average Bonchev–Trinajstić information content (AvgIpc) is 3.65. The van der Waals surface area contributed by atoms with Crippen LogP contribution < -0.4 is 65.5 Å². The Labute approximate surface area is 502 Å². The van der Waals surface area contributed by atoms with E-state index >= 15 is 0 Å². The van der Waals surface area contributed by atoms with Gasteiger partial charge in [-0.1, -0.05) is 92.5 Å². The van der Waals surface area contributed by atoms with Crippen LogP contribution in [0, 0.1) is 23.7 Å². The zero-order valence-corrected chi connectivity index (χ0v) is 51.2. The summed E-state index contributed by atoms with van der Waals surface area (Å²) < 4.78 is 0. The number of hydrogen-bond donors (Lipinski definition) is 15. The van der Waals surface area contributed by atoms with Crippen molar-refractivity contribution >= 4 is 76.9 Å². The van der Waals surface area contributed by atoms with Crippen LogP contribution in [0.25, 0.3) is 0 Å². The molecule has 0 saturated heterocycles. The minimum Gasteiger partial charge on any atom is -0.508 e. The summed E-state index contributed by atoms with van der Waals surface area (Å²) in [6, 6.07) is 0.224. The zero-order chi connectivity index (χ0) is 64.1. The SMILES string of the molecule is CC[C@H](C)[C@H](NC(=O)[C@H](CCSC)NC(=O)[C@H](CCCN=C(N)N)NC(=O)[C@@H](NC(=O)[C@H](CC(C)C)NC(=O)[C@H](CC(C)C)NC(=O)[C@H](CCC(N)=O)NC(=O)[C@@H](N)Cc1ccc(O)cc1)[C@@H](C)CC)C(=O)N[C@@H](Cc1ccc(O)cc1)C(=O)O. The van der Waals surface area contributed by atoms with Crippen molar-refractivity contribution in [1.82, 2.24) is 42.5 Å². The Bertz CT molecular complexity index is 2550. The van der Waals surface area contributed by atoms with E-state index in [-0.39, 0.29) is 93.6 Å². The van der Waals surface area contributed by atoms with Crippen molar-refractivity contribution < 1.29 is 63.3 Å². The first kappa shape index (κ1) is 73.4. The van der Waals surface area contributed by atoms with Crippen LogP contribution >= 0.6 is 11.8 Å². The molecule has 9 amide bonds. The smallest absolute Gasteiger partial charge is 0.326 e. The number of benzene rings is 2. The van der Waals surface area contributed by atoms with E-state index in [4.69, 9.17) is 22.9 Å². The lowest BCUT2D eigenvalue weighted by Crippen LogP contribution is -2.61. The van der Waals surface area contributed by atoms with Gasteiger partial charge >= 0.3 is 5.97 Å². The minimum absolute atomic E-state index is 0.0136. The summed E-state index contributed by atoms with van der Waals surface area (Å²) in [6.45, 7) is 14.2. The predicted octanol–water partition coefficient (Wildman–Crippen LogP) is 0.430. The van der Waals surface area contributed by atoms with Gasteiger partial charge in [0.1, 0.15) is 59.8 Å². The largest absolute Gasteiger partial charge is 0.508 e. The molecule has 0 aromatic heterocycles. The van der Waals surface area contributed by atoms with E-state index in [1.54, 1.807) is 59.9 Å². The molecule has 0 spiro atoms. The number of aromatic hydroxyl groups is 2. The topological polar surface area (TPSA) is 444 Å². The second-order valence-corrected chi connectivity index (χ2v) is 23.3. The molecule has 0 radical (unpaired) electrons. The fourth-order valence-corrected chi connectivity index (χ4v) is 9.29. The van der Waals surface area contributed by atoms with Gasteiger partial charge in [-0.3, -0.25) is 48.1 Å². The number of nitrogens with one attached hydrogen (secondary N) is 8. The molecule has 0 heterocycles.